The second-order valence-electron chi connectivity index (χ2n) is 12.7. The maximum atomic E-state index is 5.33. The lowest BCUT2D eigenvalue weighted by Gasteiger charge is -2.07. The molecule has 0 amide bonds. The van der Waals surface area contributed by atoms with E-state index in [1.165, 1.54) is 11.1 Å². The average Bonchev–Trinajstić information content (AvgIpc) is 3.98. The lowest BCUT2D eigenvalue weighted by molar-refractivity contribution is 1.27. The predicted octanol–water partition coefficient (Wildman–Crippen LogP) is 10.7. The fraction of sp³-hybridized carbons (Fsp3) is 0.0455. The Morgan fingerprint density at radius 1 is 0.380 bits per heavy atom. The number of hydrogen-bond donors (Lipinski definition) is 2. The number of nitrogens with zero attached hydrogens (tertiary/aromatic N) is 4. The number of aromatic nitrogens is 6. The monoisotopic (exact) mass is 644 g/mol. The van der Waals surface area contributed by atoms with Gasteiger partial charge in [-0.3, -0.25) is 9.97 Å². The Morgan fingerprint density at radius 2 is 0.740 bits per heavy atom. The van der Waals surface area contributed by atoms with E-state index in [9.17, 15) is 0 Å². The van der Waals surface area contributed by atoms with Crippen LogP contribution in [-0.4, -0.2) is 29.9 Å². The minimum Gasteiger partial charge on any atom is -0.354 e. The van der Waals surface area contributed by atoms with Gasteiger partial charge in [0.2, 0.25) is 0 Å². The zero-order valence-corrected chi connectivity index (χ0v) is 27.6. The van der Waals surface area contributed by atoms with Gasteiger partial charge in [-0.15, -0.1) is 0 Å². The molecular weight excluding hydrogens is 613 g/mol. The maximum Gasteiger partial charge on any atom is 0.0753 e. The Morgan fingerprint density at radius 3 is 1.10 bits per heavy atom. The number of hydrogen-bond acceptors (Lipinski definition) is 4. The fourth-order valence-corrected chi connectivity index (χ4v) is 6.81. The topological polar surface area (TPSA) is 83.1 Å². The molecule has 0 aliphatic carbocycles. The molecule has 6 heteroatoms. The summed E-state index contributed by atoms with van der Waals surface area (Å²) in [5.74, 6) is 0. The van der Waals surface area contributed by atoms with Crippen molar-refractivity contribution in [1.29, 1.82) is 0 Å². The van der Waals surface area contributed by atoms with Crippen molar-refractivity contribution in [2.45, 2.75) is 13.8 Å². The Bertz CT molecular complexity index is 2440. The molecule has 0 saturated carbocycles. The predicted molar refractivity (Wildman–Crippen MR) is 206 cm³/mol. The molecule has 2 aromatic carbocycles. The van der Waals surface area contributed by atoms with E-state index in [0.29, 0.717) is 0 Å². The molecule has 7 aromatic rings. The number of benzene rings is 2. The summed E-state index contributed by atoms with van der Waals surface area (Å²) < 4.78 is 0. The lowest BCUT2D eigenvalue weighted by atomic mass is 10.0. The van der Waals surface area contributed by atoms with E-state index < -0.39 is 0 Å². The van der Waals surface area contributed by atoms with E-state index >= 15 is 0 Å². The van der Waals surface area contributed by atoms with E-state index in [1.807, 2.05) is 48.8 Å². The molecule has 6 nitrogen and oxygen atoms in total. The summed E-state index contributed by atoms with van der Waals surface area (Å²) in [7, 11) is 0. The molecule has 0 atom stereocenters. The van der Waals surface area contributed by atoms with Gasteiger partial charge in [-0.1, -0.05) is 71.8 Å². The van der Waals surface area contributed by atoms with E-state index in [0.717, 1.165) is 89.6 Å². The first-order valence-corrected chi connectivity index (χ1v) is 16.7. The van der Waals surface area contributed by atoms with Crippen molar-refractivity contribution in [3.05, 3.63) is 155 Å². The second kappa shape index (κ2) is 12.1. The van der Waals surface area contributed by atoms with Gasteiger partial charge in [0.05, 0.1) is 45.2 Å². The van der Waals surface area contributed by atoms with Gasteiger partial charge in [0.1, 0.15) is 0 Å². The van der Waals surface area contributed by atoms with Gasteiger partial charge in [-0.05, 0) is 97.8 Å². The molecule has 5 aromatic heterocycles. The SMILES string of the molecule is Cc1ccc(-c2c3nc(c(-c4ccccn4)c4ccc([nH]4)c(-c4ccc(C)cc4)c4nc(c(-c5ccccn5)c5ccc2[nH]5)C=C4)C=C3)cc1. The van der Waals surface area contributed by atoms with Gasteiger partial charge in [0.15, 0.2) is 0 Å². The van der Waals surface area contributed by atoms with Gasteiger partial charge < -0.3 is 9.97 Å². The number of nitrogens with one attached hydrogen (secondary N) is 2. The number of aromatic amines is 2. The quantitative estimate of drug-likeness (QED) is 0.200. The third-order valence-electron chi connectivity index (χ3n) is 9.28. The molecule has 238 valence electrons. The first-order valence-electron chi connectivity index (χ1n) is 16.7. The Hall–Kier alpha value is -6.66. The third kappa shape index (κ3) is 5.24. The van der Waals surface area contributed by atoms with Gasteiger partial charge >= 0.3 is 0 Å². The van der Waals surface area contributed by atoms with E-state index in [2.05, 4.69) is 121 Å². The summed E-state index contributed by atoms with van der Waals surface area (Å²) in [6.07, 6.45) is 12.1. The highest BCUT2D eigenvalue weighted by molar-refractivity contribution is 5.99. The summed E-state index contributed by atoms with van der Waals surface area (Å²) in [6.45, 7) is 4.21. The molecule has 7 heterocycles. The first-order chi connectivity index (χ1) is 24.6. The van der Waals surface area contributed by atoms with Crippen LogP contribution in [0.1, 0.15) is 33.9 Å². The van der Waals surface area contributed by atoms with E-state index in [1.54, 1.807) is 0 Å². The largest absolute Gasteiger partial charge is 0.354 e. The minimum atomic E-state index is 0.835. The van der Waals surface area contributed by atoms with Crippen LogP contribution < -0.4 is 0 Å². The Balaban J connectivity index is 1.47. The van der Waals surface area contributed by atoms with Crippen molar-refractivity contribution in [3.63, 3.8) is 0 Å². The van der Waals surface area contributed by atoms with Gasteiger partial charge in [-0.2, -0.15) is 0 Å². The number of pyridine rings is 2. The van der Waals surface area contributed by atoms with Crippen LogP contribution in [0.2, 0.25) is 0 Å². The highest BCUT2D eigenvalue weighted by atomic mass is 14.8. The third-order valence-corrected chi connectivity index (χ3v) is 9.28. The summed E-state index contributed by atoms with van der Waals surface area (Å²) in [4.78, 5) is 27.8. The van der Waals surface area contributed by atoms with Crippen LogP contribution in [0.5, 0.6) is 0 Å². The zero-order chi connectivity index (χ0) is 33.6. The summed E-state index contributed by atoms with van der Waals surface area (Å²) in [5.41, 5.74) is 17.2. The van der Waals surface area contributed by atoms with Crippen LogP contribution in [0.15, 0.2) is 122 Å². The summed E-state index contributed by atoms with van der Waals surface area (Å²) in [6, 6.07) is 37.7. The van der Waals surface area contributed by atoms with Gasteiger partial charge in [0, 0.05) is 45.7 Å². The summed E-state index contributed by atoms with van der Waals surface area (Å²) in [5, 5.41) is 0. The number of H-pyrrole nitrogens is 2. The molecule has 0 saturated heterocycles. The van der Waals surface area contributed by atoms with Gasteiger partial charge in [-0.25, -0.2) is 9.97 Å². The van der Waals surface area contributed by atoms with Crippen molar-refractivity contribution in [2.24, 2.45) is 0 Å². The smallest absolute Gasteiger partial charge is 0.0753 e. The Kier molecular flexibility index (Phi) is 7.13. The molecule has 9 rings (SSSR count). The normalized spacial score (nSPS) is 12.0. The molecule has 0 spiro atoms. The van der Waals surface area contributed by atoms with Gasteiger partial charge in [0.25, 0.3) is 0 Å². The number of fused-ring (bicyclic) bond motifs is 8. The highest BCUT2D eigenvalue weighted by Crippen LogP contribution is 2.37. The van der Waals surface area contributed by atoms with Crippen LogP contribution in [0, 0.1) is 13.8 Å². The van der Waals surface area contributed by atoms with Crippen LogP contribution in [-0.2, 0) is 0 Å². The number of aryl methyl sites for hydroxylation is 2. The number of rotatable bonds is 4. The fourth-order valence-electron chi connectivity index (χ4n) is 6.81. The van der Waals surface area contributed by atoms with Crippen molar-refractivity contribution < 1.29 is 0 Å². The molecule has 2 aliphatic rings. The first kappa shape index (κ1) is 29.5. The standard InChI is InChI=1S/C44H32N6/c1-27-9-13-29(14-10-27)41-33-17-21-37(47-33)43(31-7-3-5-25-45-31)39-23-19-35(49-39)42(30-15-11-28(2)12-16-30)36-20-24-40(50-36)44(32-8-4-6-26-46-32)38-22-18-34(41)48-38/h3-26,47,50H,1-2H3. The lowest BCUT2D eigenvalue weighted by Crippen LogP contribution is -1.91. The van der Waals surface area contributed by atoms with E-state index in [4.69, 9.17) is 19.9 Å². The van der Waals surface area contributed by atoms with E-state index in [-0.39, 0.29) is 0 Å². The van der Waals surface area contributed by atoms with Crippen LogP contribution in [0.4, 0.5) is 0 Å². The molecule has 0 fully saturated rings. The van der Waals surface area contributed by atoms with Crippen molar-refractivity contribution in [2.75, 3.05) is 0 Å². The zero-order valence-electron chi connectivity index (χ0n) is 27.6. The average molecular weight is 645 g/mol. The Labute approximate surface area is 289 Å². The molecule has 8 bridgehead atoms. The maximum absolute atomic E-state index is 5.33. The molecule has 2 aliphatic heterocycles. The van der Waals surface area contributed by atoms with Crippen LogP contribution in [0.25, 0.3) is 91.1 Å². The van der Waals surface area contributed by atoms with Crippen molar-refractivity contribution >= 4 is 46.4 Å². The van der Waals surface area contributed by atoms with Crippen LogP contribution in [0.3, 0.4) is 0 Å². The molecular formula is C44H32N6. The highest BCUT2D eigenvalue weighted by Gasteiger charge is 2.19. The van der Waals surface area contributed by atoms with Crippen LogP contribution >= 0.6 is 0 Å². The van der Waals surface area contributed by atoms with Crippen molar-refractivity contribution in [3.8, 4) is 44.8 Å². The van der Waals surface area contributed by atoms with Crippen molar-refractivity contribution in [1.82, 2.24) is 29.9 Å². The molecule has 50 heavy (non-hydrogen) atoms. The molecule has 0 unspecified atom stereocenters. The minimum absolute atomic E-state index is 0.835. The molecule has 2 N–H and O–H groups in total. The summed E-state index contributed by atoms with van der Waals surface area (Å²) >= 11 is 0. The molecule has 0 radical (unpaired) electrons. The second-order valence-corrected chi connectivity index (χ2v) is 12.7.